The third-order valence-corrected chi connectivity index (χ3v) is 2.21. The third-order valence-electron chi connectivity index (χ3n) is 1.50. The van der Waals surface area contributed by atoms with Gasteiger partial charge in [-0.05, 0) is 6.07 Å². The highest BCUT2D eigenvalue weighted by Gasteiger charge is 2.18. The maximum atomic E-state index is 5.84. The van der Waals surface area contributed by atoms with Gasteiger partial charge in [-0.25, -0.2) is 0 Å². The molecule has 0 unspecified atom stereocenters. The molecule has 3 heteroatoms. The summed E-state index contributed by atoms with van der Waals surface area (Å²) in [6.07, 6.45) is 0. The van der Waals surface area contributed by atoms with Crippen molar-refractivity contribution in [2.24, 2.45) is 0 Å². The van der Waals surface area contributed by atoms with Gasteiger partial charge < -0.3 is 4.74 Å². The van der Waals surface area contributed by atoms with E-state index in [1.54, 1.807) is 6.07 Å². The monoisotopic (exact) mass is 174 g/mol. The van der Waals surface area contributed by atoms with E-state index in [0.29, 0.717) is 22.4 Å². The topological polar surface area (TPSA) is 9.23 Å². The highest BCUT2D eigenvalue weighted by atomic mass is 35.5. The van der Waals surface area contributed by atoms with E-state index in [-0.39, 0.29) is 0 Å². The zero-order valence-corrected chi connectivity index (χ0v) is 6.54. The fourth-order valence-corrected chi connectivity index (χ4v) is 1.50. The van der Waals surface area contributed by atoms with Gasteiger partial charge in [-0.15, -0.1) is 0 Å². The summed E-state index contributed by atoms with van der Waals surface area (Å²) in [7, 11) is 0. The molecular weight excluding hydrogens is 171 g/mol. The second kappa shape index (κ2) is 2.04. The maximum Gasteiger partial charge on any atom is 0.157 e. The number of hydrogen-bond acceptors (Lipinski definition) is 1. The van der Waals surface area contributed by atoms with Gasteiger partial charge >= 0.3 is 0 Å². The van der Waals surface area contributed by atoms with Crippen LogP contribution in [0.3, 0.4) is 0 Å². The Morgan fingerprint density at radius 1 is 1.30 bits per heavy atom. The van der Waals surface area contributed by atoms with Crippen LogP contribution in [0.1, 0.15) is 5.56 Å². The van der Waals surface area contributed by atoms with Crippen LogP contribution in [0, 0.1) is 0 Å². The molecule has 1 aromatic rings. The lowest BCUT2D eigenvalue weighted by Crippen LogP contribution is -1.81. The summed E-state index contributed by atoms with van der Waals surface area (Å²) in [5.74, 6) is 0.626. The van der Waals surface area contributed by atoms with Crippen molar-refractivity contribution in [1.82, 2.24) is 0 Å². The largest absolute Gasteiger partial charge is 0.486 e. The van der Waals surface area contributed by atoms with Crippen LogP contribution in [-0.2, 0) is 6.61 Å². The number of hydrogen-bond donors (Lipinski definition) is 0. The standard InChI is InChI=1S/C7H4Cl2O/c8-5-2-1-4-3-10-7(5)6(4)9/h1-2H,3H2. The SMILES string of the molecule is Clc1ccc2c(Cl)c1OC2. The minimum Gasteiger partial charge on any atom is -0.486 e. The molecule has 1 aromatic carbocycles. The zero-order chi connectivity index (χ0) is 7.14. The van der Waals surface area contributed by atoms with Crippen LogP contribution in [0.4, 0.5) is 0 Å². The molecule has 0 aromatic heterocycles. The molecule has 1 aliphatic heterocycles. The Morgan fingerprint density at radius 2 is 2.10 bits per heavy atom. The lowest BCUT2D eigenvalue weighted by molar-refractivity contribution is 0.328. The number of fused-ring (bicyclic) bond motifs is 2. The van der Waals surface area contributed by atoms with Gasteiger partial charge in [-0.1, -0.05) is 29.3 Å². The van der Waals surface area contributed by atoms with Gasteiger partial charge in [0, 0.05) is 5.56 Å². The van der Waals surface area contributed by atoms with E-state index in [1.165, 1.54) is 0 Å². The Morgan fingerprint density at radius 3 is 2.80 bits per heavy atom. The highest BCUT2D eigenvalue weighted by Crippen LogP contribution is 2.40. The predicted octanol–water partition coefficient (Wildman–Crippen LogP) is 2.89. The van der Waals surface area contributed by atoms with E-state index in [1.807, 2.05) is 6.07 Å². The van der Waals surface area contributed by atoms with E-state index in [2.05, 4.69) is 0 Å². The van der Waals surface area contributed by atoms with E-state index < -0.39 is 0 Å². The van der Waals surface area contributed by atoms with Gasteiger partial charge in [0.15, 0.2) is 5.75 Å². The summed E-state index contributed by atoms with van der Waals surface area (Å²) >= 11 is 11.6. The van der Waals surface area contributed by atoms with Crippen molar-refractivity contribution < 1.29 is 4.74 Å². The van der Waals surface area contributed by atoms with Gasteiger partial charge in [0.2, 0.25) is 0 Å². The van der Waals surface area contributed by atoms with Crippen LogP contribution in [-0.4, -0.2) is 0 Å². The summed E-state index contributed by atoms with van der Waals surface area (Å²) in [5, 5.41) is 1.25. The summed E-state index contributed by atoms with van der Waals surface area (Å²) in [6.45, 7) is 0.556. The minimum atomic E-state index is 0.556. The second-order valence-corrected chi connectivity index (χ2v) is 2.92. The lowest BCUT2D eigenvalue weighted by atomic mass is 10.2. The van der Waals surface area contributed by atoms with Crippen LogP contribution >= 0.6 is 23.2 Å². The van der Waals surface area contributed by atoms with Crippen LogP contribution in [0.2, 0.25) is 10.0 Å². The average molecular weight is 175 g/mol. The smallest absolute Gasteiger partial charge is 0.157 e. The molecule has 1 heterocycles. The number of halogens is 2. The highest BCUT2D eigenvalue weighted by molar-refractivity contribution is 6.37. The fourth-order valence-electron chi connectivity index (χ4n) is 0.967. The van der Waals surface area contributed by atoms with Crippen molar-refractivity contribution in [2.45, 2.75) is 6.61 Å². The molecule has 0 radical (unpaired) electrons. The Bertz CT molecular complexity index is 283. The molecule has 1 aliphatic rings. The van der Waals surface area contributed by atoms with E-state index in [0.717, 1.165) is 5.56 Å². The van der Waals surface area contributed by atoms with E-state index >= 15 is 0 Å². The summed E-state index contributed by atoms with van der Waals surface area (Å²) in [5.41, 5.74) is 1.01. The molecule has 0 aliphatic carbocycles. The molecule has 0 spiro atoms. The normalized spacial score (nSPS) is 13.4. The number of rotatable bonds is 0. The summed E-state index contributed by atoms with van der Waals surface area (Å²) in [6, 6.07) is 3.67. The molecule has 0 amide bonds. The molecule has 0 N–H and O–H groups in total. The van der Waals surface area contributed by atoms with Crippen molar-refractivity contribution in [3.63, 3.8) is 0 Å². The Kier molecular flexibility index (Phi) is 1.29. The van der Waals surface area contributed by atoms with Gasteiger partial charge in [-0.3, -0.25) is 0 Å². The third kappa shape index (κ3) is 0.710. The van der Waals surface area contributed by atoms with Crippen molar-refractivity contribution in [1.29, 1.82) is 0 Å². The first kappa shape index (κ1) is 6.32. The molecule has 2 rings (SSSR count). The molecule has 2 bridgehead atoms. The molecule has 0 fully saturated rings. The van der Waals surface area contributed by atoms with Crippen molar-refractivity contribution in [3.8, 4) is 5.75 Å². The Labute approximate surface area is 68.5 Å². The van der Waals surface area contributed by atoms with Crippen LogP contribution in [0.5, 0.6) is 5.75 Å². The van der Waals surface area contributed by atoms with Crippen LogP contribution in [0.25, 0.3) is 0 Å². The average Bonchev–Trinajstić information content (AvgIpc) is 2.13. The second-order valence-electron chi connectivity index (χ2n) is 2.14. The van der Waals surface area contributed by atoms with Crippen molar-refractivity contribution in [2.75, 3.05) is 0 Å². The lowest BCUT2D eigenvalue weighted by Gasteiger charge is -1.95. The zero-order valence-electron chi connectivity index (χ0n) is 5.03. The van der Waals surface area contributed by atoms with Crippen molar-refractivity contribution in [3.05, 3.63) is 27.7 Å². The quantitative estimate of drug-likeness (QED) is 0.588. The van der Waals surface area contributed by atoms with Crippen LogP contribution < -0.4 is 4.74 Å². The molecule has 52 valence electrons. The van der Waals surface area contributed by atoms with Gasteiger partial charge in [-0.2, -0.15) is 0 Å². The van der Waals surface area contributed by atoms with E-state index in [4.69, 9.17) is 27.9 Å². The first-order valence-corrected chi connectivity index (χ1v) is 3.64. The summed E-state index contributed by atoms with van der Waals surface area (Å²) < 4.78 is 5.18. The summed E-state index contributed by atoms with van der Waals surface area (Å²) in [4.78, 5) is 0. The number of benzene rings is 1. The van der Waals surface area contributed by atoms with Gasteiger partial charge in [0.05, 0.1) is 10.0 Å². The van der Waals surface area contributed by atoms with Gasteiger partial charge in [0.25, 0.3) is 0 Å². The molecule has 1 nitrogen and oxygen atoms in total. The Hall–Kier alpha value is -0.400. The maximum absolute atomic E-state index is 5.84. The first-order valence-electron chi connectivity index (χ1n) is 2.89. The molecular formula is C7H4Cl2O. The molecule has 0 saturated heterocycles. The molecule has 10 heavy (non-hydrogen) atoms. The molecule has 0 atom stereocenters. The minimum absolute atomic E-state index is 0.556. The van der Waals surface area contributed by atoms with Crippen LogP contribution in [0.15, 0.2) is 12.1 Å². The van der Waals surface area contributed by atoms with Crippen molar-refractivity contribution >= 4 is 23.2 Å². The number of ether oxygens (including phenoxy) is 1. The Balaban J connectivity index is 2.73. The van der Waals surface area contributed by atoms with Gasteiger partial charge in [0.1, 0.15) is 6.61 Å². The molecule has 0 saturated carbocycles. The fraction of sp³-hybridized carbons (Fsp3) is 0.143. The van der Waals surface area contributed by atoms with E-state index in [9.17, 15) is 0 Å². The predicted molar refractivity (Wildman–Crippen MR) is 40.8 cm³/mol. The first-order chi connectivity index (χ1) is 4.79.